The van der Waals surface area contributed by atoms with Crippen LogP contribution < -0.4 is 15.2 Å². The summed E-state index contributed by atoms with van der Waals surface area (Å²) in [6.45, 7) is 0.356. The first-order valence-electron chi connectivity index (χ1n) is 5.79. The molecule has 0 aliphatic carbocycles. The molecule has 0 radical (unpaired) electrons. The monoisotopic (exact) mass is 254 g/mol. The van der Waals surface area contributed by atoms with Crippen LogP contribution >= 0.6 is 0 Å². The maximum atomic E-state index is 9.07. The molecular weight excluding hydrogens is 240 g/mol. The summed E-state index contributed by atoms with van der Waals surface area (Å²) in [5.74, 6) is 1.01. The summed E-state index contributed by atoms with van der Waals surface area (Å²) in [7, 11) is 1.55. The molecule has 0 saturated heterocycles. The molecule has 0 spiro atoms. The van der Waals surface area contributed by atoms with Crippen molar-refractivity contribution in [2.45, 2.75) is 6.61 Å². The molecule has 2 aromatic rings. The van der Waals surface area contributed by atoms with Gasteiger partial charge in [0.1, 0.15) is 12.7 Å². The van der Waals surface area contributed by atoms with Gasteiger partial charge in [0.15, 0.2) is 11.5 Å². The van der Waals surface area contributed by atoms with E-state index >= 15 is 0 Å². The molecule has 96 valence electrons. The number of benzene rings is 2. The van der Waals surface area contributed by atoms with E-state index in [1.165, 1.54) is 0 Å². The van der Waals surface area contributed by atoms with Crippen LogP contribution in [0.3, 0.4) is 0 Å². The van der Waals surface area contributed by atoms with Crippen molar-refractivity contribution < 1.29 is 9.47 Å². The summed E-state index contributed by atoms with van der Waals surface area (Å²) >= 11 is 0. The molecule has 0 aliphatic rings. The molecule has 2 aromatic carbocycles. The fourth-order valence-electron chi connectivity index (χ4n) is 1.68. The maximum absolute atomic E-state index is 9.07. The Labute approximate surface area is 112 Å². The van der Waals surface area contributed by atoms with Crippen LogP contribution in [0.4, 0.5) is 5.69 Å². The molecule has 0 aliphatic heterocycles. The summed E-state index contributed by atoms with van der Waals surface area (Å²) < 4.78 is 10.9. The Bertz CT molecular complexity index is 601. The van der Waals surface area contributed by atoms with Gasteiger partial charge in [-0.15, -0.1) is 0 Å². The van der Waals surface area contributed by atoms with Gasteiger partial charge < -0.3 is 15.2 Å². The molecule has 2 rings (SSSR count). The number of rotatable bonds is 4. The third-order valence-electron chi connectivity index (χ3n) is 2.68. The van der Waals surface area contributed by atoms with Crippen molar-refractivity contribution in [3.63, 3.8) is 0 Å². The number of nitriles is 1. The largest absolute Gasteiger partial charge is 0.493 e. The number of methoxy groups -OCH3 is 1. The van der Waals surface area contributed by atoms with Gasteiger partial charge in [0, 0.05) is 5.69 Å². The Hall–Kier alpha value is -2.67. The van der Waals surface area contributed by atoms with Gasteiger partial charge in [0.05, 0.1) is 12.7 Å². The second kappa shape index (κ2) is 5.78. The molecule has 4 heteroatoms. The topological polar surface area (TPSA) is 68.3 Å². The van der Waals surface area contributed by atoms with Gasteiger partial charge in [-0.2, -0.15) is 5.26 Å². The van der Waals surface area contributed by atoms with E-state index < -0.39 is 0 Å². The van der Waals surface area contributed by atoms with Crippen LogP contribution in [0.15, 0.2) is 42.5 Å². The van der Waals surface area contributed by atoms with Gasteiger partial charge in [0.25, 0.3) is 0 Å². The zero-order valence-corrected chi connectivity index (χ0v) is 10.6. The minimum Gasteiger partial charge on any atom is -0.493 e. The smallest absolute Gasteiger partial charge is 0.179 e. The van der Waals surface area contributed by atoms with Crippen molar-refractivity contribution in [1.82, 2.24) is 0 Å². The summed E-state index contributed by atoms with van der Waals surface area (Å²) in [5, 5.41) is 9.07. The fourth-order valence-corrected chi connectivity index (χ4v) is 1.68. The van der Waals surface area contributed by atoms with E-state index in [9.17, 15) is 0 Å². The van der Waals surface area contributed by atoms with Crippen LogP contribution in [0.1, 0.15) is 11.1 Å². The van der Waals surface area contributed by atoms with Gasteiger partial charge in [-0.1, -0.05) is 18.2 Å². The Balaban J connectivity index is 2.19. The van der Waals surface area contributed by atoms with E-state index in [1.54, 1.807) is 25.3 Å². The molecule has 0 atom stereocenters. The van der Waals surface area contributed by atoms with Crippen LogP contribution in [0.2, 0.25) is 0 Å². The van der Waals surface area contributed by atoms with Crippen LogP contribution in [0.5, 0.6) is 11.5 Å². The molecule has 0 amide bonds. The van der Waals surface area contributed by atoms with Crippen LogP contribution in [0, 0.1) is 11.3 Å². The predicted molar refractivity (Wildman–Crippen MR) is 72.9 cm³/mol. The number of hydrogen-bond donors (Lipinski definition) is 1. The predicted octanol–water partition coefficient (Wildman–Crippen LogP) is 2.73. The maximum Gasteiger partial charge on any atom is 0.179 e. The lowest BCUT2D eigenvalue weighted by Crippen LogP contribution is -2.00. The van der Waals surface area contributed by atoms with Crippen molar-refractivity contribution in [3.05, 3.63) is 53.6 Å². The highest BCUT2D eigenvalue weighted by Gasteiger charge is 2.10. The van der Waals surface area contributed by atoms with E-state index in [4.69, 9.17) is 20.5 Å². The highest BCUT2D eigenvalue weighted by Crippen LogP contribution is 2.31. The Kier molecular flexibility index (Phi) is 3.89. The summed E-state index contributed by atoms with van der Waals surface area (Å²) in [6, 6.07) is 14.7. The number of ether oxygens (including phenoxy) is 2. The highest BCUT2D eigenvalue weighted by atomic mass is 16.5. The second-order valence-electron chi connectivity index (χ2n) is 3.98. The SMILES string of the molecule is COc1cccc(C#N)c1OCc1ccc(N)cc1. The molecule has 4 nitrogen and oxygen atoms in total. The lowest BCUT2D eigenvalue weighted by Gasteiger charge is -2.12. The molecule has 0 bridgehead atoms. The molecule has 0 saturated carbocycles. The van der Waals surface area contributed by atoms with Gasteiger partial charge in [-0.25, -0.2) is 0 Å². The molecule has 19 heavy (non-hydrogen) atoms. The van der Waals surface area contributed by atoms with Crippen molar-refractivity contribution in [3.8, 4) is 17.6 Å². The molecule has 2 N–H and O–H groups in total. The first-order chi connectivity index (χ1) is 9.24. The van der Waals surface area contributed by atoms with Crippen LogP contribution in [-0.2, 0) is 6.61 Å². The minimum absolute atomic E-state index is 0.356. The Morgan fingerprint density at radius 3 is 2.53 bits per heavy atom. The first-order valence-corrected chi connectivity index (χ1v) is 5.79. The molecule has 0 unspecified atom stereocenters. The summed E-state index contributed by atoms with van der Waals surface area (Å²) in [6.07, 6.45) is 0. The summed E-state index contributed by atoms with van der Waals surface area (Å²) in [4.78, 5) is 0. The average molecular weight is 254 g/mol. The van der Waals surface area contributed by atoms with Crippen molar-refractivity contribution in [2.75, 3.05) is 12.8 Å². The van der Waals surface area contributed by atoms with E-state index in [0.717, 1.165) is 5.56 Å². The quantitative estimate of drug-likeness (QED) is 0.852. The van der Waals surface area contributed by atoms with Crippen molar-refractivity contribution >= 4 is 5.69 Å². The van der Waals surface area contributed by atoms with E-state index in [1.807, 2.05) is 24.3 Å². The number of nitrogens with two attached hydrogens (primary N) is 1. The minimum atomic E-state index is 0.356. The average Bonchev–Trinajstić information content (AvgIpc) is 2.46. The molecular formula is C15H14N2O2. The van der Waals surface area contributed by atoms with Crippen molar-refractivity contribution in [1.29, 1.82) is 5.26 Å². The first kappa shape index (κ1) is 12.8. The third-order valence-corrected chi connectivity index (χ3v) is 2.68. The zero-order valence-electron chi connectivity index (χ0n) is 10.6. The molecule has 0 heterocycles. The van der Waals surface area contributed by atoms with Crippen LogP contribution in [0.25, 0.3) is 0 Å². The lowest BCUT2D eigenvalue weighted by molar-refractivity contribution is 0.283. The number of para-hydroxylation sites is 1. The normalized spacial score (nSPS) is 9.68. The number of nitrogen functional groups attached to an aromatic ring is 1. The van der Waals surface area contributed by atoms with Crippen LogP contribution in [-0.4, -0.2) is 7.11 Å². The van der Waals surface area contributed by atoms with E-state index in [-0.39, 0.29) is 0 Å². The lowest BCUT2D eigenvalue weighted by atomic mass is 10.2. The van der Waals surface area contributed by atoms with Crippen molar-refractivity contribution in [2.24, 2.45) is 0 Å². The van der Waals surface area contributed by atoms with Gasteiger partial charge in [-0.05, 0) is 29.8 Å². The Morgan fingerprint density at radius 2 is 1.89 bits per heavy atom. The molecule has 0 aromatic heterocycles. The summed E-state index contributed by atoms with van der Waals surface area (Å²) in [5.41, 5.74) is 7.76. The third kappa shape index (κ3) is 2.96. The van der Waals surface area contributed by atoms with Gasteiger partial charge in [0.2, 0.25) is 0 Å². The zero-order chi connectivity index (χ0) is 13.7. The second-order valence-corrected chi connectivity index (χ2v) is 3.98. The van der Waals surface area contributed by atoms with E-state index in [0.29, 0.717) is 29.4 Å². The fraction of sp³-hybridized carbons (Fsp3) is 0.133. The standard InChI is InChI=1S/C15H14N2O2/c1-18-14-4-2-3-12(9-16)15(14)19-10-11-5-7-13(17)8-6-11/h2-8H,10,17H2,1H3. The van der Waals surface area contributed by atoms with E-state index in [2.05, 4.69) is 6.07 Å². The number of nitrogens with zero attached hydrogens (tertiary/aromatic N) is 1. The molecule has 0 fully saturated rings. The highest BCUT2D eigenvalue weighted by molar-refractivity contribution is 5.52. The number of hydrogen-bond acceptors (Lipinski definition) is 4. The Morgan fingerprint density at radius 1 is 1.16 bits per heavy atom. The number of anilines is 1. The van der Waals surface area contributed by atoms with Gasteiger partial charge in [-0.3, -0.25) is 0 Å². The van der Waals surface area contributed by atoms with Gasteiger partial charge >= 0.3 is 0 Å².